The van der Waals surface area contributed by atoms with E-state index < -0.39 is 0 Å². The summed E-state index contributed by atoms with van der Waals surface area (Å²) in [6.07, 6.45) is 0. The Balaban J connectivity index is 1.59. The summed E-state index contributed by atoms with van der Waals surface area (Å²) >= 11 is 0. The molecular weight excluding hydrogens is 342 g/mol. The number of hydrogen-bond donors (Lipinski definition) is 0. The molecule has 0 spiro atoms. The first-order valence-corrected chi connectivity index (χ1v) is 9.04. The van der Waals surface area contributed by atoms with E-state index in [0.717, 1.165) is 30.4 Å². The second-order valence-electron chi connectivity index (χ2n) is 8.17. The molecular formula is C19H27N7O. The number of hydrogen-bond acceptors (Lipinski definition) is 7. The molecule has 1 amide bonds. The topological polar surface area (TPSA) is 78.4 Å². The number of likely N-dealkylation sites (N-methyl/N-ethyl adjacent to an activating group) is 1. The zero-order chi connectivity index (χ0) is 19.8. The molecule has 3 rings (SSSR count). The molecule has 0 bridgehead atoms. The summed E-state index contributed by atoms with van der Waals surface area (Å²) in [6, 6.07) is 7.66. The number of rotatable bonds is 4. The molecule has 0 N–H and O–H groups in total. The van der Waals surface area contributed by atoms with E-state index in [0.29, 0.717) is 5.69 Å². The first-order valence-electron chi connectivity index (χ1n) is 9.04. The van der Waals surface area contributed by atoms with Gasteiger partial charge in [0.25, 0.3) is 5.91 Å². The lowest BCUT2D eigenvalue weighted by molar-refractivity contribution is 0.0698. The van der Waals surface area contributed by atoms with Gasteiger partial charge in [-0.2, -0.15) is 5.10 Å². The Bertz CT molecular complexity index is 790. The van der Waals surface area contributed by atoms with Crippen LogP contribution in [0.3, 0.4) is 0 Å². The zero-order valence-electron chi connectivity index (χ0n) is 16.8. The molecule has 27 heavy (non-hydrogen) atoms. The van der Waals surface area contributed by atoms with Gasteiger partial charge in [-0.25, -0.2) is 0 Å². The molecule has 8 heteroatoms. The quantitative estimate of drug-likeness (QED) is 0.810. The summed E-state index contributed by atoms with van der Waals surface area (Å²) in [5, 5.41) is 16.8. The van der Waals surface area contributed by atoms with Gasteiger partial charge in [-0.1, -0.05) is 20.8 Å². The number of carbonyl (C=O) groups is 1. The smallest absolute Gasteiger partial charge is 0.274 e. The van der Waals surface area contributed by atoms with Crippen LogP contribution in [0.1, 0.15) is 37.0 Å². The Morgan fingerprint density at radius 3 is 2.19 bits per heavy atom. The third-order valence-corrected chi connectivity index (χ3v) is 4.80. The van der Waals surface area contributed by atoms with Crippen molar-refractivity contribution in [2.75, 3.05) is 44.0 Å². The maximum Gasteiger partial charge on any atom is 0.274 e. The third kappa shape index (κ3) is 3.99. The Kier molecular flexibility index (Phi) is 4.99. The molecule has 0 aromatic carbocycles. The minimum absolute atomic E-state index is 0.0151. The fourth-order valence-electron chi connectivity index (χ4n) is 2.81. The van der Waals surface area contributed by atoms with Gasteiger partial charge >= 0.3 is 0 Å². The molecule has 8 nitrogen and oxygen atoms in total. The van der Waals surface area contributed by atoms with Crippen molar-refractivity contribution in [3.8, 4) is 0 Å². The Labute approximate surface area is 160 Å². The van der Waals surface area contributed by atoms with Gasteiger partial charge in [-0.05, 0) is 24.3 Å². The summed E-state index contributed by atoms with van der Waals surface area (Å²) in [4.78, 5) is 18.3. The maximum absolute atomic E-state index is 12.6. The zero-order valence-corrected chi connectivity index (χ0v) is 16.8. The number of amides is 1. The van der Waals surface area contributed by atoms with E-state index in [1.54, 1.807) is 24.1 Å². The third-order valence-electron chi connectivity index (χ3n) is 4.80. The first-order chi connectivity index (χ1) is 12.7. The minimum atomic E-state index is -0.119. The monoisotopic (exact) mass is 369 g/mol. The lowest BCUT2D eigenvalue weighted by Crippen LogP contribution is -2.60. The number of carbonyl (C=O) groups excluding carboxylic acids is 1. The summed E-state index contributed by atoms with van der Waals surface area (Å²) in [5.41, 5.74) is 1.31. The molecule has 0 atom stereocenters. The molecule has 1 fully saturated rings. The summed E-state index contributed by atoms with van der Waals surface area (Å²) in [7, 11) is 5.58. The Hall–Kier alpha value is -2.77. The Morgan fingerprint density at radius 2 is 1.70 bits per heavy atom. The Morgan fingerprint density at radius 1 is 1.00 bits per heavy atom. The van der Waals surface area contributed by atoms with Gasteiger partial charge in [-0.15, -0.1) is 15.3 Å². The van der Waals surface area contributed by atoms with Crippen molar-refractivity contribution in [1.82, 2.24) is 25.3 Å². The summed E-state index contributed by atoms with van der Waals surface area (Å²) < 4.78 is 0. The first kappa shape index (κ1) is 19.0. The van der Waals surface area contributed by atoms with Crippen LogP contribution >= 0.6 is 0 Å². The number of anilines is 2. The van der Waals surface area contributed by atoms with Crippen molar-refractivity contribution in [3.63, 3.8) is 0 Å². The van der Waals surface area contributed by atoms with E-state index in [4.69, 9.17) is 0 Å². The van der Waals surface area contributed by atoms with Crippen molar-refractivity contribution in [3.05, 3.63) is 35.7 Å². The van der Waals surface area contributed by atoms with Crippen molar-refractivity contribution < 1.29 is 4.79 Å². The lowest BCUT2D eigenvalue weighted by atomic mass is 9.92. The molecule has 3 heterocycles. The second kappa shape index (κ2) is 7.09. The molecule has 0 aliphatic carbocycles. The molecule has 0 radical (unpaired) electrons. The number of nitrogens with zero attached hydrogens (tertiary/aromatic N) is 7. The predicted molar refractivity (Wildman–Crippen MR) is 105 cm³/mol. The van der Waals surface area contributed by atoms with Crippen molar-refractivity contribution >= 4 is 17.5 Å². The molecule has 1 aliphatic rings. The van der Waals surface area contributed by atoms with Gasteiger partial charge in [0.05, 0.1) is 11.7 Å². The van der Waals surface area contributed by atoms with Crippen LogP contribution in [0.25, 0.3) is 0 Å². The van der Waals surface area contributed by atoms with E-state index in [-0.39, 0.29) is 17.4 Å². The predicted octanol–water partition coefficient (Wildman–Crippen LogP) is 1.59. The van der Waals surface area contributed by atoms with Gasteiger partial charge in [0.15, 0.2) is 17.3 Å². The van der Waals surface area contributed by atoms with Crippen LogP contribution in [-0.2, 0) is 5.41 Å². The molecule has 0 unspecified atom stereocenters. The second-order valence-corrected chi connectivity index (χ2v) is 8.17. The highest BCUT2D eigenvalue weighted by Crippen LogP contribution is 2.24. The fourth-order valence-corrected chi connectivity index (χ4v) is 2.81. The van der Waals surface area contributed by atoms with Crippen molar-refractivity contribution in [1.29, 1.82) is 0 Å². The van der Waals surface area contributed by atoms with Crippen LogP contribution in [0.4, 0.5) is 11.6 Å². The molecule has 144 valence electrons. The molecule has 0 saturated carbocycles. The van der Waals surface area contributed by atoms with Gasteiger partial charge < -0.3 is 14.7 Å². The van der Waals surface area contributed by atoms with E-state index in [9.17, 15) is 4.79 Å². The molecule has 1 saturated heterocycles. The fraction of sp³-hybridized carbons (Fsp3) is 0.526. The van der Waals surface area contributed by atoms with Crippen LogP contribution in [-0.4, -0.2) is 71.5 Å². The summed E-state index contributed by atoms with van der Waals surface area (Å²) in [5.74, 6) is 1.45. The van der Waals surface area contributed by atoms with Crippen LogP contribution in [0.2, 0.25) is 0 Å². The van der Waals surface area contributed by atoms with Crippen LogP contribution in [0.5, 0.6) is 0 Å². The van der Waals surface area contributed by atoms with E-state index >= 15 is 0 Å². The average Bonchev–Trinajstić information content (AvgIpc) is 2.59. The van der Waals surface area contributed by atoms with Gasteiger partial charge in [-0.3, -0.25) is 4.79 Å². The van der Waals surface area contributed by atoms with Crippen LogP contribution in [0, 0.1) is 0 Å². The highest BCUT2D eigenvalue weighted by atomic mass is 16.2. The average molecular weight is 369 g/mol. The molecule has 1 aliphatic heterocycles. The van der Waals surface area contributed by atoms with Crippen molar-refractivity contribution in [2.24, 2.45) is 0 Å². The lowest BCUT2D eigenvalue weighted by Gasteiger charge is -2.44. The van der Waals surface area contributed by atoms with Crippen molar-refractivity contribution in [2.45, 2.75) is 32.2 Å². The maximum atomic E-state index is 12.6. The molecule has 2 aromatic rings. The molecule has 2 aromatic heterocycles. The van der Waals surface area contributed by atoms with E-state index in [2.05, 4.69) is 46.1 Å². The minimum Gasteiger partial charge on any atom is -0.361 e. The standard InChI is InChI=1S/C19H27N7O/c1-19(2,3)15-8-10-17(23-21-15)26-11-13(12-26)25(6)18(27)14-7-9-16(22-20-14)24(4)5/h7-10,13H,11-12H2,1-6H3. The van der Waals surface area contributed by atoms with Gasteiger partial charge in [0, 0.05) is 39.6 Å². The number of aromatic nitrogens is 4. The highest BCUT2D eigenvalue weighted by Gasteiger charge is 2.34. The van der Waals surface area contributed by atoms with Gasteiger partial charge in [0.2, 0.25) is 0 Å². The van der Waals surface area contributed by atoms with Crippen LogP contribution in [0.15, 0.2) is 24.3 Å². The highest BCUT2D eigenvalue weighted by molar-refractivity contribution is 5.92. The van der Waals surface area contributed by atoms with Gasteiger partial charge in [0.1, 0.15) is 0 Å². The van der Waals surface area contributed by atoms with E-state index in [1.807, 2.05) is 31.1 Å². The largest absolute Gasteiger partial charge is 0.361 e. The van der Waals surface area contributed by atoms with Crippen LogP contribution < -0.4 is 9.80 Å². The summed E-state index contributed by atoms with van der Waals surface area (Å²) in [6.45, 7) is 7.81. The normalized spacial score (nSPS) is 14.7. The SMILES string of the molecule is CN(C)c1ccc(C(=O)N(C)C2CN(c3ccc(C(C)(C)C)nn3)C2)nn1. The van der Waals surface area contributed by atoms with E-state index in [1.165, 1.54) is 0 Å².